The van der Waals surface area contributed by atoms with Gasteiger partial charge in [-0.15, -0.1) is 0 Å². The van der Waals surface area contributed by atoms with E-state index in [0.29, 0.717) is 11.3 Å². The van der Waals surface area contributed by atoms with E-state index in [0.717, 1.165) is 0 Å². The maximum Gasteiger partial charge on any atom is 0.387 e. The van der Waals surface area contributed by atoms with Gasteiger partial charge in [0.25, 0.3) is 0 Å². The van der Waals surface area contributed by atoms with Crippen LogP contribution in [0.25, 0.3) is 0 Å². The smallest absolute Gasteiger partial charge is 0.387 e. The SMILES string of the molecule is COc1ccc(S(=O)(=O)c2cc3c(cc2C)OC(C(=O)O)O3)cc1NC(C)=O. The van der Waals surface area contributed by atoms with Crippen LogP contribution in [0.5, 0.6) is 17.2 Å². The first kappa shape index (κ1) is 19.5. The molecule has 2 aromatic carbocycles. The summed E-state index contributed by atoms with van der Waals surface area (Å²) in [4.78, 5) is 22.3. The molecule has 2 N–H and O–H groups in total. The zero-order chi connectivity index (χ0) is 20.6. The molecule has 1 amide bonds. The fourth-order valence-electron chi connectivity index (χ4n) is 2.74. The third-order valence-electron chi connectivity index (χ3n) is 3.99. The van der Waals surface area contributed by atoms with Gasteiger partial charge in [0.1, 0.15) is 5.75 Å². The first-order valence-corrected chi connectivity index (χ1v) is 9.53. The van der Waals surface area contributed by atoms with Gasteiger partial charge in [-0.05, 0) is 36.8 Å². The van der Waals surface area contributed by atoms with Crippen LogP contribution < -0.4 is 19.5 Å². The van der Waals surface area contributed by atoms with Gasteiger partial charge in [-0.3, -0.25) is 4.79 Å². The van der Waals surface area contributed by atoms with E-state index in [-0.39, 0.29) is 32.9 Å². The molecular weight excluding hydrogens is 390 g/mol. The predicted octanol–water partition coefficient (Wildman–Crippen LogP) is 1.98. The van der Waals surface area contributed by atoms with Gasteiger partial charge in [0, 0.05) is 13.0 Å². The standard InChI is InChI=1S/C18H17NO8S/c1-9-6-14-15(27-18(26-14)17(21)22)8-16(9)28(23,24)11-4-5-13(25-3)12(7-11)19-10(2)20/h4-8,18H,1-3H3,(H,19,20)(H,21,22). The molecule has 3 rings (SSSR count). The Kier molecular flexibility index (Phi) is 4.90. The number of carboxylic acids is 1. The van der Waals surface area contributed by atoms with Crippen LogP contribution in [0.15, 0.2) is 40.1 Å². The number of sulfone groups is 1. The number of methoxy groups -OCH3 is 1. The number of carbonyl (C=O) groups excluding carboxylic acids is 1. The minimum atomic E-state index is -4.00. The number of benzene rings is 2. The predicted molar refractivity (Wildman–Crippen MR) is 96.6 cm³/mol. The molecule has 1 aliphatic heterocycles. The number of ether oxygens (including phenoxy) is 3. The highest BCUT2D eigenvalue weighted by Gasteiger charge is 2.33. The molecule has 1 atom stereocenters. The first-order chi connectivity index (χ1) is 13.1. The Morgan fingerprint density at radius 1 is 1.14 bits per heavy atom. The number of carboxylic acid groups (broad SMARTS) is 1. The van der Waals surface area contributed by atoms with Crippen molar-refractivity contribution in [1.29, 1.82) is 0 Å². The Morgan fingerprint density at radius 2 is 1.79 bits per heavy atom. The van der Waals surface area contributed by atoms with Crippen molar-refractivity contribution in [2.45, 2.75) is 29.9 Å². The second kappa shape index (κ2) is 7.04. The second-order valence-corrected chi connectivity index (χ2v) is 7.94. The van der Waals surface area contributed by atoms with E-state index in [2.05, 4.69) is 5.32 Å². The van der Waals surface area contributed by atoms with Crippen molar-refractivity contribution in [1.82, 2.24) is 0 Å². The Morgan fingerprint density at radius 3 is 2.36 bits per heavy atom. The van der Waals surface area contributed by atoms with E-state index in [9.17, 15) is 18.0 Å². The lowest BCUT2D eigenvalue weighted by Crippen LogP contribution is -2.28. The number of nitrogens with one attached hydrogen (secondary N) is 1. The fourth-order valence-corrected chi connectivity index (χ4v) is 4.26. The van der Waals surface area contributed by atoms with E-state index >= 15 is 0 Å². The van der Waals surface area contributed by atoms with Crippen molar-refractivity contribution in [2.75, 3.05) is 12.4 Å². The number of fused-ring (bicyclic) bond motifs is 1. The molecule has 0 aromatic heterocycles. The Hall–Kier alpha value is -3.27. The summed E-state index contributed by atoms with van der Waals surface area (Å²) in [6.45, 7) is 2.85. The second-order valence-electron chi connectivity index (χ2n) is 6.02. The first-order valence-electron chi connectivity index (χ1n) is 8.05. The quantitative estimate of drug-likeness (QED) is 0.770. The highest BCUT2D eigenvalue weighted by molar-refractivity contribution is 7.91. The zero-order valence-electron chi connectivity index (χ0n) is 15.2. The van der Waals surface area contributed by atoms with Gasteiger partial charge >= 0.3 is 12.3 Å². The Bertz CT molecular complexity index is 1080. The van der Waals surface area contributed by atoms with Crippen LogP contribution in [0.1, 0.15) is 12.5 Å². The van der Waals surface area contributed by atoms with Crippen molar-refractivity contribution >= 4 is 27.4 Å². The summed E-state index contributed by atoms with van der Waals surface area (Å²) in [5, 5.41) is 11.5. The largest absolute Gasteiger partial charge is 0.495 e. The molecule has 28 heavy (non-hydrogen) atoms. The average Bonchev–Trinajstić information content (AvgIpc) is 3.03. The summed E-state index contributed by atoms with van der Waals surface area (Å²) in [7, 11) is -2.60. The maximum absolute atomic E-state index is 13.1. The van der Waals surface area contributed by atoms with Crippen LogP contribution in [-0.4, -0.2) is 38.8 Å². The van der Waals surface area contributed by atoms with Crippen molar-refractivity contribution in [2.24, 2.45) is 0 Å². The van der Waals surface area contributed by atoms with Crippen molar-refractivity contribution in [3.63, 3.8) is 0 Å². The molecule has 1 unspecified atom stereocenters. The van der Waals surface area contributed by atoms with Crippen LogP contribution in [0.3, 0.4) is 0 Å². The lowest BCUT2D eigenvalue weighted by atomic mass is 10.2. The third kappa shape index (κ3) is 3.46. The monoisotopic (exact) mass is 407 g/mol. The number of hydrogen-bond donors (Lipinski definition) is 2. The van der Waals surface area contributed by atoms with E-state index < -0.39 is 22.1 Å². The van der Waals surface area contributed by atoms with Gasteiger partial charge in [-0.25, -0.2) is 13.2 Å². The van der Waals surface area contributed by atoms with Crippen LogP contribution >= 0.6 is 0 Å². The highest BCUT2D eigenvalue weighted by Crippen LogP contribution is 2.40. The summed E-state index contributed by atoms with van der Waals surface area (Å²) < 4.78 is 41.7. The van der Waals surface area contributed by atoms with Crippen LogP contribution in [0.2, 0.25) is 0 Å². The van der Waals surface area contributed by atoms with Crippen LogP contribution in [0.4, 0.5) is 5.69 Å². The van der Waals surface area contributed by atoms with E-state index in [4.69, 9.17) is 19.3 Å². The zero-order valence-corrected chi connectivity index (χ0v) is 16.0. The molecule has 0 fully saturated rings. The minimum Gasteiger partial charge on any atom is -0.495 e. The molecule has 0 aliphatic carbocycles. The topological polar surface area (TPSA) is 128 Å². The van der Waals surface area contributed by atoms with Crippen LogP contribution in [0, 0.1) is 6.92 Å². The molecule has 0 saturated carbocycles. The number of hydrogen-bond acceptors (Lipinski definition) is 7. The fraction of sp³-hybridized carbons (Fsp3) is 0.222. The molecule has 0 bridgehead atoms. The average molecular weight is 407 g/mol. The number of aryl methyl sites for hydroxylation is 1. The number of carbonyl (C=O) groups is 2. The molecule has 0 radical (unpaired) electrons. The lowest BCUT2D eigenvalue weighted by Gasteiger charge is -2.13. The summed E-state index contributed by atoms with van der Waals surface area (Å²) in [5.74, 6) is -1.23. The van der Waals surface area contributed by atoms with Gasteiger partial charge in [0.15, 0.2) is 11.5 Å². The van der Waals surface area contributed by atoms with Gasteiger partial charge in [-0.1, -0.05) is 0 Å². The van der Waals surface area contributed by atoms with Gasteiger partial charge in [0.2, 0.25) is 15.7 Å². The summed E-state index contributed by atoms with van der Waals surface area (Å²) in [6, 6.07) is 6.71. The molecule has 1 aliphatic rings. The van der Waals surface area contributed by atoms with Gasteiger partial charge in [0.05, 0.1) is 22.6 Å². The van der Waals surface area contributed by atoms with E-state index in [1.165, 1.54) is 44.4 Å². The molecular formula is C18H17NO8S. The normalized spacial score (nSPS) is 15.2. The number of amides is 1. The third-order valence-corrected chi connectivity index (χ3v) is 5.89. The molecule has 0 saturated heterocycles. The molecule has 10 heteroatoms. The summed E-state index contributed by atoms with van der Waals surface area (Å²) in [6.07, 6.45) is -1.53. The molecule has 148 valence electrons. The minimum absolute atomic E-state index is 0.0205. The van der Waals surface area contributed by atoms with Gasteiger partial charge in [-0.2, -0.15) is 0 Å². The summed E-state index contributed by atoms with van der Waals surface area (Å²) >= 11 is 0. The molecule has 2 aromatic rings. The number of rotatable bonds is 5. The molecule has 1 heterocycles. The molecule has 9 nitrogen and oxygen atoms in total. The summed E-state index contributed by atoms with van der Waals surface area (Å²) in [5.41, 5.74) is 0.561. The highest BCUT2D eigenvalue weighted by atomic mass is 32.2. The maximum atomic E-state index is 13.1. The lowest BCUT2D eigenvalue weighted by molar-refractivity contribution is -0.154. The number of anilines is 1. The van der Waals surface area contributed by atoms with Crippen molar-refractivity contribution < 1.29 is 37.3 Å². The van der Waals surface area contributed by atoms with Crippen molar-refractivity contribution in [3.05, 3.63) is 35.9 Å². The molecule has 0 spiro atoms. The van der Waals surface area contributed by atoms with E-state index in [1.54, 1.807) is 6.92 Å². The number of aliphatic carboxylic acids is 1. The van der Waals surface area contributed by atoms with Crippen LogP contribution in [-0.2, 0) is 19.4 Å². The Labute approximate surface area is 160 Å². The Balaban J connectivity index is 2.06. The van der Waals surface area contributed by atoms with Crippen molar-refractivity contribution in [3.8, 4) is 17.2 Å². The van der Waals surface area contributed by atoms with E-state index in [1.807, 2.05) is 0 Å². The van der Waals surface area contributed by atoms with Gasteiger partial charge < -0.3 is 24.6 Å².